The SMILES string of the molecule is N#Cc1ccc(OC2=C(Oc3ccc(C#N)cc3)C(F)(F)C(F)(F)C2(F)F)cc1. The maximum atomic E-state index is 14.2. The predicted octanol–water partition coefficient (Wildman–Crippen LogP) is 5.02. The van der Waals surface area contributed by atoms with E-state index in [0.717, 1.165) is 48.5 Å². The van der Waals surface area contributed by atoms with E-state index in [1.165, 1.54) is 0 Å². The number of nitriles is 2. The molecule has 29 heavy (non-hydrogen) atoms. The third-order valence-corrected chi connectivity index (χ3v) is 3.97. The lowest BCUT2D eigenvalue weighted by Crippen LogP contribution is -2.50. The van der Waals surface area contributed by atoms with Crippen LogP contribution in [0, 0.1) is 22.7 Å². The number of alkyl halides is 6. The zero-order valence-electron chi connectivity index (χ0n) is 14.1. The highest BCUT2D eigenvalue weighted by molar-refractivity contribution is 5.42. The van der Waals surface area contributed by atoms with Crippen molar-refractivity contribution in [2.75, 3.05) is 0 Å². The first-order chi connectivity index (χ1) is 13.5. The molecular weight excluding hydrogens is 402 g/mol. The number of benzene rings is 2. The standard InChI is InChI=1S/C19H8F6N2O2/c20-17(21)15(28-13-5-1-11(9-26)2-6-13)16(18(22,23)19(17,24)25)29-14-7-3-12(10-27)4-8-14/h1-8H. The number of allylic oxidation sites excluding steroid dienone is 2. The van der Waals surface area contributed by atoms with E-state index in [1.807, 2.05) is 0 Å². The van der Waals surface area contributed by atoms with Gasteiger partial charge in [0.05, 0.1) is 23.3 Å². The van der Waals surface area contributed by atoms with Gasteiger partial charge in [-0.25, -0.2) is 0 Å². The molecule has 0 N–H and O–H groups in total. The molecule has 4 nitrogen and oxygen atoms in total. The van der Waals surface area contributed by atoms with Crippen molar-refractivity contribution < 1.29 is 35.8 Å². The second-order valence-electron chi connectivity index (χ2n) is 5.86. The topological polar surface area (TPSA) is 66.0 Å². The van der Waals surface area contributed by atoms with Crippen molar-refractivity contribution in [2.45, 2.75) is 17.8 Å². The zero-order chi connectivity index (χ0) is 21.4. The molecule has 0 amide bonds. The van der Waals surface area contributed by atoms with Crippen LogP contribution >= 0.6 is 0 Å². The van der Waals surface area contributed by atoms with E-state index >= 15 is 0 Å². The van der Waals surface area contributed by atoms with Crippen molar-refractivity contribution in [2.24, 2.45) is 0 Å². The molecule has 2 aromatic carbocycles. The second kappa shape index (κ2) is 6.74. The Labute approximate surface area is 159 Å². The van der Waals surface area contributed by atoms with Crippen LogP contribution in [0.1, 0.15) is 11.1 Å². The monoisotopic (exact) mass is 410 g/mol. The summed E-state index contributed by atoms with van der Waals surface area (Å²) in [5, 5.41) is 17.4. The Morgan fingerprint density at radius 3 is 1.17 bits per heavy atom. The number of ether oxygens (including phenoxy) is 2. The Kier molecular flexibility index (Phi) is 4.67. The van der Waals surface area contributed by atoms with Gasteiger partial charge in [0.25, 0.3) is 0 Å². The molecule has 0 heterocycles. The van der Waals surface area contributed by atoms with E-state index < -0.39 is 40.8 Å². The lowest BCUT2D eigenvalue weighted by molar-refractivity contribution is -0.273. The molecule has 0 saturated heterocycles. The van der Waals surface area contributed by atoms with Gasteiger partial charge in [-0.1, -0.05) is 0 Å². The summed E-state index contributed by atoms with van der Waals surface area (Å²) in [4.78, 5) is 0. The van der Waals surface area contributed by atoms with E-state index in [4.69, 9.17) is 10.5 Å². The molecule has 0 aromatic heterocycles. The summed E-state index contributed by atoms with van der Waals surface area (Å²) in [6.45, 7) is 0. The lowest BCUT2D eigenvalue weighted by atomic mass is 10.1. The minimum atomic E-state index is -5.82. The third-order valence-electron chi connectivity index (χ3n) is 3.97. The van der Waals surface area contributed by atoms with Crippen LogP contribution in [0.3, 0.4) is 0 Å². The molecule has 0 spiro atoms. The first-order valence-electron chi connectivity index (χ1n) is 7.79. The van der Waals surface area contributed by atoms with E-state index in [-0.39, 0.29) is 11.1 Å². The summed E-state index contributed by atoms with van der Waals surface area (Å²) in [5.41, 5.74) is 0.212. The van der Waals surface area contributed by atoms with Gasteiger partial charge in [-0.2, -0.15) is 36.9 Å². The smallest absolute Gasteiger partial charge is 0.387 e. The molecular formula is C19H8F6N2O2. The highest BCUT2D eigenvalue weighted by Gasteiger charge is 2.83. The van der Waals surface area contributed by atoms with Crippen LogP contribution in [-0.2, 0) is 0 Å². The van der Waals surface area contributed by atoms with Gasteiger partial charge < -0.3 is 9.47 Å². The molecule has 3 rings (SSSR count). The summed E-state index contributed by atoms with van der Waals surface area (Å²) in [7, 11) is 0. The summed E-state index contributed by atoms with van der Waals surface area (Å²) >= 11 is 0. The molecule has 148 valence electrons. The van der Waals surface area contributed by atoms with Gasteiger partial charge in [-0.3, -0.25) is 0 Å². The highest BCUT2D eigenvalue weighted by Crippen LogP contribution is 2.59. The van der Waals surface area contributed by atoms with Crippen LogP contribution in [0.5, 0.6) is 11.5 Å². The quantitative estimate of drug-likeness (QED) is 0.664. The highest BCUT2D eigenvalue weighted by atomic mass is 19.3. The molecule has 0 atom stereocenters. The van der Waals surface area contributed by atoms with Gasteiger partial charge >= 0.3 is 17.8 Å². The van der Waals surface area contributed by atoms with Crippen LogP contribution < -0.4 is 9.47 Å². The third kappa shape index (κ3) is 3.13. The average Bonchev–Trinajstić information content (AvgIpc) is 2.79. The molecule has 0 aliphatic heterocycles. The predicted molar refractivity (Wildman–Crippen MR) is 85.4 cm³/mol. The van der Waals surface area contributed by atoms with E-state index in [9.17, 15) is 26.3 Å². The number of hydrogen-bond acceptors (Lipinski definition) is 4. The molecule has 1 aliphatic rings. The molecule has 0 unspecified atom stereocenters. The van der Waals surface area contributed by atoms with Crippen molar-refractivity contribution >= 4 is 0 Å². The minimum Gasteiger partial charge on any atom is -0.451 e. The fourth-order valence-electron chi connectivity index (χ4n) is 2.42. The van der Waals surface area contributed by atoms with Gasteiger partial charge in [-0.05, 0) is 48.5 Å². The first kappa shape index (κ1) is 20.1. The van der Waals surface area contributed by atoms with Crippen molar-refractivity contribution in [3.05, 3.63) is 71.2 Å². The maximum absolute atomic E-state index is 14.2. The molecule has 0 bridgehead atoms. The normalized spacial score (nSPS) is 18.6. The van der Waals surface area contributed by atoms with Crippen molar-refractivity contribution in [1.82, 2.24) is 0 Å². The van der Waals surface area contributed by atoms with Gasteiger partial charge in [0.1, 0.15) is 11.5 Å². The lowest BCUT2D eigenvalue weighted by Gasteiger charge is -2.24. The van der Waals surface area contributed by atoms with Crippen LogP contribution in [0.4, 0.5) is 26.3 Å². The fraction of sp³-hybridized carbons (Fsp3) is 0.158. The summed E-state index contributed by atoms with van der Waals surface area (Å²) in [6.07, 6.45) is 0. The molecule has 10 heteroatoms. The van der Waals surface area contributed by atoms with Gasteiger partial charge in [0.2, 0.25) is 11.5 Å². The number of halogens is 6. The fourth-order valence-corrected chi connectivity index (χ4v) is 2.42. The van der Waals surface area contributed by atoms with Gasteiger partial charge in [-0.15, -0.1) is 0 Å². The van der Waals surface area contributed by atoms with E-state index in [2.05, 4.69) is 9.47 Å². The average molecular weight is 410 g/mol. The molecule has 0 radical (unpaired) electrons. The van der Waals surface area contributed by atoms with Crippen molar-refractivity contribution in [3.8, 4) is 23.6 Å². The Bertz CT molecular complexity index is 965. The van der Waals surface area contributed by atoms with Crippen LogP contribution in [-0.4, -0.2) is 17.8 Å². The Balaban J connectivity index is 2.08. The van der Waals surface area contributed by atoms with Crippen molar-refractivity contribution in [3.63, 3.8) is 0 Å². The zero-order valence-corrected chi connectivity index (χ0v) is 14.1. The van der Waals surface area contributed by atoms with E-state index in [1.54, 1.807) is 12.1 Å². The first-order valence-corrected chi connectivity index (χ1v) is 7.79. The van der Waals surface area contributed by atoms with Gasteiger partial charge in [0.15, 0.2) is 0 Å². The molecule has 1 aliphatic carbocycles. The van der Waals surface area contributed by atoms with Crippen LogP contribution in [0.25, 0.3) is 0 Å². The number of nitrogens with zero attached hydrogens (tertiary/aromatic N) is 2. The number of hydrogen-bond donors (Lipinski definition) is 0. The largest absolute Gasteiger partial charge is 0.451 e. The number of rotatable bonds is 4. The molecule has 2 aromatic rings. The Hall–Kier alpha value is -3.66. The van der Waals surface area contributed by atoms with Crippen molar-refractivity contribution in [1.29, 1.82) is 10.5 Å². The summed E-state index contributed by atoms with van der Waals surface area (Å²) < 4.78 is 93.8. The Morgan fingerprint density at radius 1 is 0.586 bits per heavy atom. The molecule has 0 saturated carbocycles. The van der Waals surface area contributed by atoms with Crippen LogP contribution in [0.2, 0.25) is 0 Å². The minimum absolute atomic E-state index is 0.106. The van der Waals surface area contributed by atoms with Crippen LogP contribution in [0.15, 0.2) is 60.0 Å². The second-order valence-corrected chi connectivity index (χ2v) is 5.86. The Morgan fingerprint density at radius 2 is 0.897 bits per heavy atom. The maximum Gasteiger partial charge on any atom is 0.387 e. The summed E-state index contributed by atoms with van der Waals surface area (Å²) in [5.74, 6) is -21.6. The molecule has 0 fully saturated rings. The van der Waals surface area contributed by atoms with E-state index in [0.29, 0.717) is 0 Å². The van der Waals surface area contributed by atoms with Gasteiger partial charge in [0, 0.05) is 0 Å². The summed E-state index contributed by atoms with van der Waals surface area (Å²) in [6, 6.07) is 11.9.